The Hall–Kier alpha value is -2.91. The molecule has 1 aliphatic heterocycles. The van der Waals surface area contributed by atoms with Crippen LogP contribution in [0.1, 0.15) is 37.8 Å². The van der Waals surface area contributed by atoms with Crippen LogP contribution < -0.4 is 15.4 Å². The predicted octanol–water partition coefficient (Wildman–Crippen LogP) is 3.07. The number of benzene rings is 2. The predicted molar refractivity (Wildman–Crippen MR) is 126 cm³/mol. The number of hydrogen-bond acceptors (Lipinski definition) is 5. The molecule has 2 aromatic carbocycles. The number of methoxy groups -OCH3 is 1. The molecule has 0 spiro atoms. The third kappa shape index (κ3) is 5.72. The van der Waals surface area contributed by atoms with Gasteiger partial charge < -0.3 is 15.4 Å². The zero-order valence-corrected chi connectivity index (χ0v) is 20.3. The Morgan fingerprint density at radius 3 is 2.48 bits per heavy atom. The number of nitrogens with one attached hydrogen (secondary N) is 2. The molecule has 1 heterocycles. The number of anilines is 1. The monoisotopic (exact) mass is 473 g/mol. The highest BCUT2D eigenvalue weighted by Gasteiger charge is 2.42. The number of ether oxygens (including phenoxy) is 1. The molecule has 1 aliphatic rings. The molecule has 1 unspecified atom stereocenters. The van der Waals surface area contributed by atoms with E-state index in [0.717, 1.165) is 16.9 Å². The molecule has 33 heavy (non-hydrogen) atoms. The number of sulfonamides is 1. The lowest BCUT2D eigenvalue weighted by Crippen LogP contribution is -2.51. The van der Waals surface area contributed by atoms with Crippen molar-refractivity contribution in [3.05, 3.63) is 53.6 Å². The van der Waals surface area contributed by atoms with Gasteiger partial charge in [-0.15, -0.1) is 0 Å². The first-order valence-corrected chi connectivity index (χ1v) is 12.3. The highest BCUT2D eigenvalue weighted by Crippen LogP contribution is 2.35. The number of piperidine rings is 1. The summed E-state index contributed by atoms with van der Waals surface area (Å²) in [6.45, 7) is 5.65. The fourth-order valence-electron chi connectivity index (χ4n) is 4.00. The average molecular weight is 474 g/mol. The lowest BCUT2D eigenvalue weighted by Gasteiger charge is -2.38. The summed E-state index contributed by atoms with van der Waals surface area (Å²) in [5, 5.41) is 5.55. The van der Waals surface area contributed by atoms with Crippen molar-refractivity contribution < 1.29 is 22.7 Å². The van der Waals surface area contributed by atoms with Gasteiger partial charge in [-0.2, -0.15) is 4.31 Å². The van der Waals surface area contributed by atoms with Crippen LogP contribution in [0.25, 0.3) is 0 Å². The van der Waals surface area contributed by atoms with E-state index in [1.807, 2.05) is 24.3 Å². The maximum absolute atomic E-state index is 13.5. The SMILES string of the molecule is COc1ccc(CNC(=O)C2(C)CCCN(S(=O)(=O)c3cc(C)ccc3NC(C)=O)C2)cc1. The van der Waals surface area contributed by atoms with Gasteiger partial charge in [-0.25, -0.2) is 8.42 Å². The van der Waals surface area contributed by atoms with Gasteiger partial charge in [-0.1, -0.05) is 18.2 Å². The Bertz CT molecular complexity index is 1130. The van der Waals surface area contributed by atoms with Gasteiger partial charge in [0.2, 0.25) is 21.8 Å². The second-order valence-electron chi connectivity index (χ2n) is 8.71. The van der Waals surface area contributed by atoms with Crippen LogP contribution in [0.4, 0.5) is 5.69 Å². The molecule has 2 aromatic rings. The van der Waals surface area contributed by atoms with Gasteiger partial charge in [-0.05, 0) is 62.1 Å². The van der Waals surface area contributed by atoms with E-state index < -0.39 is 15.4 Å². The molecule has 0 aromatic heterocycles. The molecule has 2 N–H and O–H groups in total. The summed E-state index contributed by atoms with van der Waals surface area (Å²) < 4.78 is 33.5. The molecule has 1 saturated heterocycles. The molecule has 1 atom stereocenters. The Morgan fingerprint density at radius 1 is 1.15 bits per heavy atom. The molecule has 3 rings (SSSR count). The number of amides is 2. The minimum atomic E-state index is -3.92. The molecule has 178 valence electrons. The minimum absolute atomic E-state index is 0.0422. The van der Waals surface area contributed by atoms with Gasteiger partial charge in [0.05, 0.1) is 18.2 Å². The molecule has 0 bridgehead atoms. The quantitative estimate of drug-likeness (QED) is 0.643. The van der Waals surface area contributed by atoms with Crippen molar-refractivity contribution in [2.75, 3.05) is 25.5 Å². The lowest BCUT2D eigenvalue weighted by atomic mass is 9.82. The van der Waals surface area contributed by atoms with Crippen molar-refractivity contribution in [1.82, 2.24) is 9.62 Å². The van der Waals surface area contributed by atoms with Gasteiger partial charge in [0, 0.05) is 26.6 Å². The van der Waals surface area contributed by atoms with Gasteiger partial charge in [0.1, 0.15) is 10.6 Å². The number of carbonyl (C=O) groups is 2. The summed E-state index contributed by atoms with van der Waals surface area (Å²) in [5.74, 6) is 0.196. The highest BCUT2D eigenvalue weighted by molar-refractivity contribution is 7.89. The summed E-state index contributed by atoms with van der Waals surface area (Å²) in [5.41, 5.74) is 1.06. The topological polar surface area (TPSA) is 105 Å². The molecule has 0 aliphatic carbocycles. The third-order valence-corrected chi connectivity index (χ3v) is 7.77. The number of nitrogens with zero attached hydrogens (tertiary/aromatic N) is 1. The van der Waals surface area contributed by atoms with Crippen LogP contribution in [0, 0.1) is 12.3 Å². The Balaban J connectivity index is 1.77. The molecule has 0 radical (unpaired) electrons. The van der Waals surface area contributed by atoms with Crippen LogP contribution in [0.5, 0.6) is 5.75 Å². The molecule has 9 heteroatoms. The highest BCUT2D eigenvalue weighted by atomic mass is 32.2. The Kier molecular flexibility index (Phi) is 7.44. The van der Waals surface area contributed by atoms with Crippen LogP contribution in [0.3, 0.4) is 0 Å². The standard InChI is InChI=1S/C24H31N3O5S/c1-17-6-11-21(26-18(2)28)22(14-17)33(30,31)27-13-5-12-24(3,16-27)23(29)25-15-19-7-9-20(32-4)10-8-19/h6-11,14H,5,12-13,15-16H2,1-4H3,(H,25,29)(H,26,28). The van der Waals surface area contributed by atoms with Crippen LogP contribution in [0.2, 0.25) is 0 Å². The van der Waals surface area contributed by atoms with Crippen molar-refractivity contribution in [2.24, 2.45) is 5.41 Å². The molecule has 8 nitrogen and oxygen atoms in total. The minimum Gasteiger partial charge on any atom is -0.497 e. The van der Waals surface area contributed by atoms with Crippen LogP contribution in [-0.2, 0) is 26.2 Å². The Labute approximate surface area is 195 Å². The zero-order valence-electron chi connectivity index (χ0n) is 19.5. The van der Waals surface area contributed by atoms with E-state index in [1.54, 1.807) is 39.2 Å². The van der Waals surface area contributed by atoms with Gasteiger partial charge in [0.15, 0.2) is 0 Å². The van der Waals surface area contributed by atoms with E-state index in [1.165, 1.54) is 11.2 Å². The van der Waals surface area contributed by atoms with Crippen LogP contribution >= 0.6 is 0 Å². The zero-order chi connectivity index (χ0) is 24.2. The molecule has 2 amide bonds. The number of carbonyl (C=O) groups excluding carboxylic acids is 2. The maximum Gasteiger partial charge on any atom is 0.245 e. The summed E-state index contributed by atoms with van der Waals surface area (Å²) in [6.07, 6.45) is 1.15. The van der Waals surface area contributed by atoms with E-state index in [2.05, 4.69) is 10.6 Å². The fraction of sp³-hybridized carbons (Fsp3) is 0.417. The Morgan fingerprint density at radius 2 is 1.85 bits per heavy atom. The van der Waals surface area contributed by atoms with Gasteiger partial charge >= 0.3 is 0 Å². The average Bonchev–Trinajstić information content (AvgIpc) is 2.78. The smallest absolute Gasteiger partial charge is 0.245 e. The lowest BCUT2D eigenvalue weighted by molar-refractivity contribution is -0.132. The van der Waals surface area contributed by atoms with Crippen molar-refractivity contribution >= 4 is 27.5 Å². The molecule has 1 fully saturated rings. The van der Waals surface area contributed by atoms with E-state index in [4.69, 9.17) is 4.74 Å². The molecule has 0 saturated carbocycles. The van der Waals surface area contributed by atoms with E-state index >= 15 is 0 Å². The first-order valence-electron chi connectivity index (χ1n) is 10.8. The van der Waals surface area contributed by atoms with E-state index in [9.17, 15) is 18.0 Å². The van der Waals surface area contributed by atoms with Crippen molar-refractivity contribution in [3.63, 3.8) is 0 Å². The largest absolute Gasteiger partial charge is 0.497 e. The van der Waals surface area contributed by atoms with Crippen molar-refractivity contribution in [2.45, 2.75) is 45.1 Å². The summed E-state index contributed by atoms with van der Waals surface area (Å²) >= 11 is 0. The first-order chi connectivity index (χ1) is 15.5. The second kappa shape index (κ2) is 9.93. The van der Waals surface area contributed by atoms with Gasteiger partial charge in [-0.3, -0.25) is 9.59 Å². The first kappa shape index (κ1) is 24.7. The summed E-state index contributed by atoms with van der Waals surface area (Å²) in [7, 11) is -2.32. The van der Waals surface area contributed by atoms with Crippen molar-refractivity contribution in [3.8, 4) is 5.75 Å². The third-order valence-electron chi connectivity index (χ3n) is 5.89. The van der Waals surface area contributed by atoms with E-state index in [-0.39, 0.29) is 28.9 Å². The van der Waals surface area contributed by atoms with Crippen LogP contribution in [-0.4, -0.2) is 44.7 Å². The molecular formula is C24H31N3O5S. The number of aryl methyl sites for hydroxylation is 1. The van der Waals surface area contributed by atoms with Crippen molar-refractivity contribution in [1.29, 1.82) is 0 Å². The van der Waals surface area contributed by atoms with Gasteiger partial charge in [0.25, 0.3) is 0 Å². The van der Waals surface area contributed by atoms with E-state index in [0.29, 0.717) is 25.9 Å². The number of rotatable bonds is 7. The number of hydrogen-bond donors (Lipinski definition) is 2. The maximum atomic E-state index is 13.5. The normalized spacial score (nSPS) is 19.0. The fourth-order valence-corrected chi connectivity index (χ4v) is 5.83. The molecular weight excluding hydrogens is 442 g/mol. The summed E-state index contributed by atoms with van der Waals surface area (Å²) in [6, 6.07) is 12.3. The second-order valence-corrected chi connectivity index (χ2v) is 10.6. The van der Waals surface area contributed by atoms with Crippen LogP contribution in [0.15, 0.2) is 47.4 Å². The summed E-state index contributed by atoms with van der Waals surface area (Å²) in [4.78, 5) is 24.7.